The van der Waals surface area contributed by atoms with Crippen LogP contribution in [0.25, 0.3) is 0 Å². The Balaban J connectivity index is 2.20. The molecular weight excluding hydrogens is 146 g/mol. The molecule has 0 unspecified atom stereocenters. The Hall–Kier alpha value is -0.560. The molecule has 1 rings (SSSR count). The molecule has 1 aliphatic heterocycles. The second-order valence-corrected chi connectivity index (χ2v) is 3.21. The van der Waals surface area contributed by atoms with Gasteiger partial charge in [0.25, 0.3) is 0 Å². The third kappa shape index (κ3) is 5.14. The predicted molar refractivity (Wildman–Crippen MR) is 54.2 cm³/mol. The molecule has 1 heterocycles. The van der Waals surface area contributed by atoms with Crippen LogP contribution in [0.1, 0.15) is 32.1 Å². The van der Waals surface area contributed by atoms with E-state index in [1.54, 1.807) is 0 Å². The lowest BCUT2D eigenvalue weighted by Gasteiger charge is -2.02. The zero-order chi connectivity index (χ0) is 8.49. The highest BCUT2D eigenvalue weighted by atomic mass is 14.8. The van der Waals surface area contributed by atoms with E-state index in [1.807, 2.05) is 0 Å². The van der Waals surface area contributed by atoms with Crippen molar-refractivity contribution in [2.75, 3.05) is 13.1 Å². The molecule has 1 N–H and O–H groups in total. The molecule has 1 aliphatic rings. The molecule has 0 fully saturated rings. The summed E-state index contributed by atoms with van der Waals surface area (Å²) in [5.41, 5.74) is 0. The van der Waals surface area contributed by atoms with Crippen molar-refractivity contribution in [1.82, 2.24) is 5.32 Å². The highest BCUT2D eigenvalue weighted by Gasteiger charge is 1.87. The lowest BCUT2D eigenvalue weighted by molar-refractivity contribution is 0.629. The molecule has 0 saturated carbocycles. The summed E-state index contributed by atoms with van der Waals surface area (Å²) in [6, 6.07) is 0. The first-order valence-corrected chi connectivity index (χ1v) is 5.01. The van der Waals surface area contributed by atoms with Crippen molar-refractivity contribution in [3.8, 4) is 0 Å². The summed E-state index contributed by atoms with van der Waals surface area (Å²) in [5, 5.41) is 3.43. The largest absolute Gasteiger partial charge is 0.316 e. The summed E-state index contributed by atoms with van der Waals surface area (Å²) in [7, 11) is 0. The topological polar surface area (TPSA) is 12.0 Å². The van der Waals surface area contributed by atoms with E-state index < -0.39 is 0 Å². The molecule has 0 amide bonds. The molecule has 0 bridgehead atoms. The normalized spacial score (nSPS) is 21.3. The fourth-order valence-corrected chi connectivity index (χ4v) is 1.33. The van der Waals surface area contributed by atoms with E-state index >= 15 is 0 Å². The smallest absolute Gasteiger partial charge is 0.00143 e. The van der Waals surface area contributed by atoms with Crippen molar-refractivity contribution in [3.05, 3.63) is 24.3 Å². The molecule has 12 heavy (non-hydrogen) atoms. The van der Waals surface area contributed by atoms with Gasteiger partial charge in [-0.25, -0.2) is 0 Å². The number of hydrogen-bond acceptors (Lipinski definition) is 1. The summed E-state index contributed by atoms with van der Waals surface area (Å²) in [4.78, 5) is 0. The monoisotopic (exact) mass is 165 g/mol. The highest BCUT2D eigenvalue weighted by molar-refractivity contribution is 4.93. The Labute approximate surface area is 75.6 Å². The van der Waals surface area contributed by atoms with E-state index in [-0.39, 0.29) is 0 Å². The molecule has 0 radical (unpaired) electrons. The minimum Gasteiger partial charge on any atom is -0.316 e. The first-order valence-electron chi connectivity index (χ1n) is 5.01. The number of rotatable bonds is 0. The van der Waals surface area contributed by atoms with Crippen LogP contribution in [0.4, 0.5) is 0 Å². The molecular formula is C11H19N. The SMILES string of the molecule is C1=CCCCCNCCC=CC1. The fourth-order valence-electron chi connectivity index (χ4n) is 1.33. The van der Waals surface area contributed by atoms with Gasteiger partial charge in [-0.3, -0.25) is 0 Å². The third-order valence-electron chi connectivity index (χ3n) is 2.07. The van der Waals surface area contributed by atoms with Crippen LogP contribution >= 0.6 is 0 Å². The van der Waals surface area contributed by atoms with Crippen LogP contribution in [-0.2, 0) is 0 Å². The van der Waals surface area contributed by atoms with Crippen LogP contribution in [0.3, 0.4) is 0 Å². The Bertz CT molecular complexity index is 131. The van der Waals surface area contributed by atoms with Crippen molar-refractivity contribution in [1.29, 1.82) is 0 Å². The summed E-state index contributed by atoms with van der Waals surface area (Å²) in [6.45, 7) is 2.32. The minimum absolute atomic E-state index is 1.11. The molecule has 0 aromatic heterocycles. The third-order valence-corrected chi connectivity index (χ3v) is 2.07. The average Bonchev–Trinajstić information content (AvgIpc) is 2.05. The molecule has 0 aromatic carbocycles. The van der Waals surface area contributed by atoms with Gasteiger partial charge in [-0.1, -0.05) is 24.3 Å². The van der Waals surface area contributed by atoms with E-state index in [9.17, 15) is 0 Å². The van der Waals surface area contributed by atoms with Crippen molar-refractivity contribution in [2.24, 2.45) is 0 Å². The van der Waals surface area contributed by atoms with Gasteiger partial charge in [0.2, 0.25) is 0 Å². The molecule has 1 nitrogen and oxygen atoms in total. The average molecular weight is 165 g/mol. The Morgan fingerprint density at radius 1 is 0.750 bits per heavy atom. The van der Waals surface area contributed by atoms with Gasteiger partial charge >= 0.3 is 0 Å². The van der Waals surface area contributed by atoms with Gasteiger partial charge in [-0.2, -0.15) is 0 Å². The van der Waals surface area contributed by atoms with Gasteiger partial charge in [-0.15, -0.1) is 0 Å². The van der Waals surface area contributed by atoms with Crippen LogP contribution < -0.4 is 5.32 Å². The first-order chi connectivity index (χ1) is 6.00. The quantitative estimate of drug-likeness (QED) is 0.544. The number of hydrogen-bond donors (Lipinski definition) is 1. The maximum Gasteiger partial charge on any atom is -0.00143 e. The van der Waals surface area contributed by atoms with E-state index in [0.717, 1.165) is 13.0 Å². The van der Waals surface area contributed by atoms with Crippen molar-refractivity contribution >= 4 is 0 Å². The highest BCUT2D eigenvalue weighted by Crippen LogP contribution is 1.98. The van der Waals surface area contributed by atoms with Gasteiger partial charge in [0.1, 0.15) is 0 Å². The molecule has 68 valence electrons. The zero-order valence-electron chi connectivity index (χ0n) is 7.76. The van der Waals surface area contributed by atoms with Crippen molar-refractivity contribution < 1.29 is 0 Å². The second-order valence-electron chi connectivity index (χ2n) is 3.21. The Morgan fingerprint density at radius 2 is 1.58 bits per heavy atom. The van der Waals surface area contributed by atoms with E-state index in [4.69, 9.17) is 0 Å². The lowest BCUT2D eigenvalue weighted by atomic mass is 10.2. The van der Waals surface area contributed by atoms with Crippen LogP contribution in [0.15, 0.2) is 24.3 Å². The van der Waals surface area contributed by atoms with E-state index in [1.165, 1.54) is 32.2 Å². The van der Waals surface area contributed by atoms with Crippen LogP contribution in [0, 0.1) is 0 Å². The van der Waals surface area contributed by atoms with Gasteiger partial charge < -0.3 is 5.32 Å². The molecule has 1 heteroatoms. The van der Waals surface area contributed by atoms with Gasteiger partial charge in [0.05, 0.1) is 0 Å². The lowest BCUT2D eigenvalue weighted by Crippen LogP contribution is -2.15. The summed E-state index contributed by atoms with van der Waals surface area (Å²) in [5.74, 6) is 0. The maximum atomic E-state index is 3.43. The van der Waals surface area contributed by atoms with E-state index in [0.29, 0.717) is 0 Å². The minimum atomic E-state index is 1.11. The standard InChI is InChI=1S/C11H19N/c1-2-4-6-8-10-12-11-9-7-5-3-1/h1-2,5,7,12H,3-4,6,8-11H2. The van der Waals surface area contributed by atoms with Crippen LogP contribution in [0.2, 0.25) is 0 Å². The molecule has 0 spiro atoms. The van der Waals surface area contributed by atoms with Crippen LogP contribution in [0.5, 0.6) is 0 Å². The molecule has 0 aromatic rings. The number of allylic oxidation sites excluding steroid dienone is 3. The summed E-state index contributed by atoms with van der Waals surface area (Å²) >= 11 is 0. The summed E-state index contributed by atoms with van der Waals surface area (Å²) < 4.78 is 0. The maximum absolute atomic E-state index is 3.43. The van der Waals surface area contributed by atoms with Crippen molar-refractivity contribution in [2.45, 2.75) is 32.1 Å². The fraction of sp³-hybridized carbons (Fsp3) is 0.636. The molecule has 0 saturated heterocycles. The van der Waals surface area contributed by atoms with E-state index in [2.05, 4.69) is 29.6 Å². The van der Waals surface area contributed by atoms with Crippen molar-refractivity contribution in [3.63, 3.8) is 0 Å². The first kappa shape index (κ1) is 9.53. The predicted octanol–water partition coefficient (Wildman–Crippen LogP) is 2.65. The molecule has 0 aliphatic carbocycles. The van der Waals surface area contributed by atoms with Crippen LogP contribution in [-0.4, -0.2) is 13.1 Å². The Kier molecular flexibility index (Phi) is 5.64. The summed E-state index contributed by atoms with van der Waals surface area (Å²) in [6.07, 6.45) is 15.3. The van der Waals surface area contributed by atoms with Gasteiger partial charge in [0.15, 0.2) is 0 Å². The molecule has 0 atom stereocenters. The Morgan fingerprint density at radius 3 is 2.50 bits per heavy atom. The van der Waals surface area contributed by atoms with Gasteiger partial charge in [0, 0.05) is 0 Å². The zero-order valence-corrected chi connectivity index (χ0v) is 7.76. The second kappa shape index (κ2) is 7.11. The van der Waals surface area contributed by atoms with Gasteiger partial charge in [-0.05, 0) is 45.2 Å². The number of nitrogens with one attached hydrogen (secondary N) is 1.